The summed E-state index contributed by atoms with van der Waals surface area (Å²) < 4.78 is 0. The first kappa shape index (κ1) is 16.5. The normalized spacial score (nSPS) is 24.3. The number of hydrogen-bond acceptors (Lipinski definition) is 2. The summed E-state index contributed by atoms with van der Waals surface area (Å²) in [6.45, 7) is 11.9. The minimum absolute atomic E-state index is 0.401. The lowest BCUT2D eigenvalue weighted by molar-refractivity contribution is 0.0161. The lowest BCUT2D eigenvalue weighted by atomic mass is 9.77. The number of β-amino-alcohol motifs (C(OH)–C–C–N with tert-alkyl or cyclic N) is 1. The van der Waals surface area contributed by atoms with E-state index in [0.29, 0.717) is 5.41 Å². The molecule has 2 nitrogen and oxygen atoms in total. The van der Waals surface area contributed by atoms with Crippen LogP contribution in [0, 0.1) is 11.3 Å². The van der Waals surface area contributed by atoms with Crippen molar-refractivity contribution in [2.24, 2.45) is 11.3 Å². The number of nitrogens with zero attached hydrogens (tertiary/aromatic N) is 1. The molecule has 118 valence electrons. The van der Waals surface area contributed by atoms with Crippen LogP contribution in [0.1, 0.15) is 52.5 Å². The molecule has 1 heterocycles. The van der Waals surface area contributed by atoms with E-state index in [-0.39, 0.29) is 0 Å². The molecule has 0 bridgehead atoms. The number of aliphatic hydroxyl groups is 1. The van der Waals surface area contributed by atoms with Gasteiger partial charge >= 0.3 is 0 Å². The maximum absolute atomic E-state index is 10.8. The largest absolute Gasteiger partial charge is 0.384 e. The third-order valence-electron chi connectivity index (χ3n) is 4.97. The highest BCUT2D eigenvalue weighted by Gasteiger charge is 2.30. The second-order valence-corrected chi connectivity index (χ2v) is 7.91. The molecule has 1 N–H and O–H groups in total. The van der Waals surface area contributed by atoms with Crippen LogP contribution in [-0.4, -0.2) is 29.6 Å². The number of benzene rings is 1. The second-order valence-electron chi connectivity index (χ2n) is 7.91. The van der Waals surface area contributed by atoms with E-state index in [1.165, 1.54) is 19.3 Å². The number of rotatable bonds is 3. The predicted octanol–water partition coefficient (Wildman–Crippen LogP) is 4.04. The van der Waals surface area contributed by atoms with Gasteiger partial charge in [-0.3, -0.25) is 0 Å². The number of likely N-dealkylation sites (tertiary alicyclic amines) is 1. The third-order valence-corrected chi connectivity index (χ3v) is 4.97. The van der Waals surface area contributed by atoms with E-state index in [0.717, 1.165) is 31.1 Å². The molecule has 1 fully saturated rings. The molecular formula is C19H31NO. The fraction of sp³-hybridized carbons (Fsp3) is 0.684. The van der Waals surface area contributed by atoms with Gasteiger partial charge in [0.25, 0.3) is 0 Å². The van der Waals surface area contributed by atoms with Crippen molar-refractivity contribution < 1.29 is 5.11 Å². The average Bonchev–Trinajstić information content (AvgIpc) is 2.64. The van der Waals surface area contributed by atoms with E-state index < -0.39 is 5.60 Å². The molecule has 0 aromatic heterocycles. The van der Waals surface area contributed by atoms with Crippen molar-refractivity contribution in [1.82, 2.24) is 4.90 Å². The molecule has 1 aromatic carbocycles. The average molecular weight is 289 g/mol. The topological polar surface area (TPSA) is 23.5 Å². The molecule has 0 spiro atoms. The minimum atomic E-state index is -0.761. The van der Waals surface area contributed by atoms with E-state index in [1.54, 1.807) is 0 Å². The quantitative estimate of drug-likeness (QED) is 0.907. The first-order valence-electron chi connectivity index (χ1n) is 8.29. The summed E-state index contributed by atoms with van der Waals surface area (Å²) in [7, 11) is 0. The highest BCUT2D eigenvalue weighted by atomic mass is 16.3. The zero-order valence-electron chi connectivity index (χ0n) is 14.1. The summed E-state index contributed by atoms with van der Waals surface area (Å²) >= 11 is 0. The molecule has 0 radical (unpaired) electrons. The van der Waals surface area contributed by atoms with E-state index >= 15 is 0 Å². The molecule has 0 saturated carbocycles. The van der Waals surface area contributed by atoms with Gasteiger partial charge in [-0.1, -0.05) is 51.1 Å². The van der Waals surface area contributed by atoms with Gasteiger partial charge in [0.15, 0.2) is 0 Å². The Labute approximate surface area is 130 Å². The van der Waals surface area contributed by atoms with Crippen LogP contribution < -0.4 is 0 Å². The number of hydrogen-bond donors (Lipinski definition) is 1. The monoisotopic (exact) mass is 289 g/mol. The van der Waals surface area contributed by atoms with Gasteiger partial charge in [0.2, 0.25) is 0 Å². The van der Waals surface area contributed by atoms with Gasteiger partial charge in [-0.2, -0.15) is 0 Å². The molecule has 1 aliphatic rings. The van der Waals surface area contributed by atoms with Gasteiger partial charge in [0, 0.05) is 6.54 Å². The molecule has 21 heavy (non-hydrogen) atoms. The molecular weight excluding hydrogens is 258 g/mol. The lowest BCUT2D eigenvalue weighted by Gasteiger charge is -2.32. The fourth-order valence-electron chi connectivity index (χ4n) is 3.50. The zero-order valence-corrected chi connectivity index (χ0v) is 14.1. The fourth-order valence-corrected chi connectivity index (χ4v) is 3.50. The standard InChI is InChI=1S/C19H31NO/c1-18(2,3)16-11-8-13-20(14-12-16)15-19(4,21)17-9-6-5-7-10-17/h5-7,9-10,16,21H,8,11-15H2,1-4H3. The molecule has 1 aliphatic heterocycles. The molecule has 0 amide bonds. The van der Waals surface area contributed by atoms with Crippen LogP contribution in [0.15, 0.2) is 30.3 Å². The van der Waals surface area contributed by atoms with Crippen LogP contribution >= 0.6 is 0 Å². The SMILES string of the molecule is CC(O)(CN1CCCC(C(C)(C)C)CC1)c1ccccc1. The van der Waals surface area contributed by atoms with Crippen LogP contribution in [0.5, 0.6) is 0 Å². The van der Waals surface area contributed by atoms with Crippen LogP contribution in [-0.2, 0) is 5.60 Å². The van der Waals surface area contributed by atoms with Crippen LogP contribution in [0.25, 0.3) is 0 Å². The van der Waals surface area contributed by atoms with Crippen LogP contribution in [0.4, 0.5) is 0 Å². The first-order valence-corrected chi connectivity index (χ1v) is 8.29. The summed E-state index contributed by atoms with van der Waals surface area (Å²) in [5.41, 5.74) is 0.655. The van der Waals surface area contributed by atoms with Gasteiger partial charge in [-0.25, -0.2) is 0 Å². The Morgan fingerprint density at radius 3 is 2.33 bits per heavy atom. The smallest absolute Gasteiger partial charge is 0.0994 e. The Balaban J connectivity index is 1.97. The summed E-state index contributed by atoms with van der Waals surface area (Å²) in [6, 6.07) is 10.1. The van der Waals surface area contributed by atoms with Gasteiger partial charge in [-0.15, -0.1) is 0 Å². The summed E-state index contributed by atoms with van der Waals surface area (Å²) in [4.78, 5) is 2.44. The summed E-state index contributed by atoms with van der Waals surface area (Å²) in [5, 5.41) is 10.8. The maximum Gasteiger partial charge on any atom is 0.0994 e. The van der Waals surface area contributed by atoms with E-state index in [1.807, 2.05) is 37.3 Å². The molecule has 2 heteroatoms. The van der Waals surface area contributed by atoms with Gasteiger partial charge < -0.3 is 10.0 Å². The molecule has 0 aliphatic carbocycles. The third kappa shape index (κ3) is 4.55. The highest BCUT2D eigenvalue weighted by Crippen LogP contribution is 2.34. The Hall–Kier alpha value is -0.860. The van der Waals surface area contributed by atoms with Crippen molar-refractivity contribution in [3.63, 3.8) is 0 Å². The Morgan fingerprint density at radius 1 is 1.05 bits per heavy atom. The Kier molecular flexibility index (Phi) is 5.11. The molecule has 1 aromatic rings. The minimum Gasteiger partial charge on any atom is -0.384 e. The summed E-state index contributed by atoms with van der Waals surface area (Å²) in [6.07, 6.45) is 3.80. The van der Waals surface area contributed by atoms with Crippen molar-refractivity contribution in [2.45, 2.75) is 52.6 Å². The van der Waals surface area contributed by atoms with Crippen molar-refractivity contribution in [3.8, 4) is 0 Å². The molecule has 2 unspecified atom stereocenters. The summed E-state index contributed by atoms with van der Waals surface area (Å²) in [5.74, 6) is 0.796. The van der Waals surface area contributed by atoms with Crippen LogP contribution in [0.2, 0.25) is 0 Å². The Morgan fingerprint density at radius 2 is 1.71 bits per heavy atom. The molecule has 1 saturated heterocycles. The Bertz CT molecular complexity index is 433. The van der Waals surface area contributed by atoms with Gasteiger partial charge in [0.05, 0.1) is 5.60 Å². The van der Waals surface area contributed by atoms with Gasteiger partial charge in [0.1, 0.15) is 0 Å². The van der Waals surface area contributed by atoms with Crippen molar-refractivity contribution in [1.29, 1.82) is 0 Å². The molecule has 2 atom stereocenters. The van der Waals surface area contributed by atoms with Crippen molar-refractivity contribution in [3.05, 3.63) is 35.9 Å². The van der Waals surface area contributed by atoms with Crippen molar-refractivity contribution in [2.75, 3.05) is 19.6 Å². The van der Waals surface area contributed by atoms with Crippen LogP contribution in [0.3, 0.4) is 0 Å². The maximum atomic E-state index is 10.8. The van der Waals surface area contributed by atoms with Crippen molar-refractivity contribution >= 4 is 0 Å². The second kappa shape index (κ2) is 6.50. The van der Waals surface area contributed by atoms with Gasteiger partial charge in [-0.05, 0) is 56.2 Å². The van der Waals surface area contributed by atoms with E-state index in [2.05, 4.69) is 25.7 Å². The van der Waals surface area contributed by atoms with E-state index in [4.69, 9.17) is 0 Å². The van der Waals surface area contributed by atoms with E-state index in [9.17, 15) is 5.11 Å². The first-order chi connectivity index (χ1) is 9.79. The predicted molar refractivity (Wildman–Crippen MR) is 89.2 cm³/mol. The molecule has 2 rings (SSSR count). The lowest BCUT2D eigenvalue weighted by Crippen LogP contribution is -2.39. The highest BCUT2D eigenvalue weighted by molar-refractivity contribution is 5.21. The zero-order chi connectivity index (χ0) is 15.5.